The highest BCUT2D eigenvalue weighted by Gasteiger charge is 2.49. The van der Waals surface area contributed by atoms with Gasteiger partial charge in [-0.1, -0.05) is 0 Å². The molecule has 13 heteroatoms. The van der Waals surface area contributed by atoms with Gasteiger partial charge in [-0.3, -0.25) is 0 Å². The molecule has 0 spiro atoms. The van der Waals surface area contributed by atoms with Crippen LogP contribution in [0, 0.1) is 0 Å². The molecule has 2 rings (SSSR count). The molecule has 0 aromatic carbocycles. The lowest BCUT2D eigenvalue weighted by Gasteiger charge is -2.42. The number of ether oxygens (including phenoxy) is 3. The van der Waals surface area contributed by atoms with E-state index in [4.69, 9.17) is 19.3 Å². The zero-order valence-electron chi connectivity index (χ0n) is 14.0. The minimum Gasteiger partial charge on any atom is -0.394 e. The van der Waals surface area contributed by atoms with Gasteiger partial charge in [-0.15, -0.1) is 0 Å². The minimum atomic E-state index is -1.80. The normalized spacial score (nSPS) is 46.2. The minimum absolute atomic E-state index is 0.716. The van der Waals surface area contributed by atoms with Gasteiger partial charge in [0.2, 0.25) is 0 Å². The van der Waals surface area contributed by atoms with Crippen molar-refractivity contribution in [3.8, 4) is 0 Å². The van der Waals surface area contributed by atoms with Gasteiger partial charge in [-0.05, 0) is 0 Å². The van der Waals surface area contributed by atoms with Gasteiger partial charge in [0.25, 0.3) is 0 Å². The van der Waals surface area contributed by atoms with E-state index in [9.17, 15) is 46.0 Å². The molecule has 160 valence electrons. The summed E-state index contributed by atoms with van der Waals surface area (Å²) in [4.78, 5) is 0. The van der Waals surface area contributed by atoms with E-state index in [0.717, 1.165) is 0 Å². The zero-order valence-corrected chi connectivity index (χ0v) is 14.0. The Morgan fingerprint density at radius 1 is 0.741 bits per heavy atom. The Kier molecular flexibility index (Phi) is 7.86. The highest BCUT2D eigenvalue weighted by atomic mass is 16.7. The van der Waals surface area contributed by atoms with Gasteiger partial charge in [0.05, 0.1) is 13.2 Å². The molecular formula is C14H26O13. The van der Waals surface area contributed by atoms with Gasteiger partial charge in [-0.2, -0.15) is 0 Å². The molecule has 2 aliphatic rings. The molecule has 12 atom stereocenters. The average molecular weight is 402 g/mol. The highest BCUT2D eigenvalue weighted by molar-refractivity contribution is 4.94. The number of aliphatic hydroxyl groups is 10. The van der Waals surface area contributed by atoms with Crippen LogP contribution in [0.5, 0.6) is 0 Å². The van der Waals surface area contributed by atoms with Crippen molar-refractivity contribution in [1.29, 1.82) is 0 Å². The zero-order chi connectivity index (χ0) is 20.5. The van der Waals surface area contributed by atoms with Crippen molar-refractivity contribution in [2.45, 2.75) is 73.6 Å². The quantitative estimate of drug-likeness (QED) is 0.191. The summed E-state index contributed by atoms with van der Waals surface area (Å²) in [6.07, 6.45) is -20.2. The summed E-state index contributed by atoms with van der Waals surface area (Å²) >= 11 is 0. The van der Waals surface area contributed by atoms with Crippen LogP contribution in [0.25, 0.3) is 0 Å². The Hall–Kier alpha value is -0.520. The second-order valence-corrected chi connectivity index (χ2v) is 6.55. The number of hydrogen-bond acceptors (Lipinski definition) is 13. The maximum atomic E-state index is 9.99. The number of aliphatic hydroxyl groups excluding tert-OH is 10. The largest absolute Gasteiger partial charge is 0.394 e. The van der Waals surface area contributed by atoms with Crippen molar-refractivity contribution in [3.63, 3.8) is 0 Å². The Bertz CT molecular complexity index is 466. The molecule has 0 aliphatic carbocycles. The van der Waals surface area contributed by atoms with Crippen LogP contribution in [0.15, 0.2) is 0 Å². The van der Waals surface area contributed by atoms with Crippen molar-refractivity contribution >= 4 is 0 Å². The molecule has 13 nitrogen and oxygen atoms in total. The first-order valence-electron chi connectivity index (χ1n) is 8.26. The summed E-state index contributed by atoms with van der Waals surface area (Å²) in [5.74, 6) is 0. The van der Waals surface area contributed by atoms with Crippen LogP contribution < -0.4 is 0 Å². The lowest BCUT2D eigenvalue weighted by molar-refractivity contribution is -0.316. The van der Waals surface area contributed by atoms with Gasteiger partial charge in [0.15, 0.2) is 12.6 Å². The molecule has 2 saturated heterocycles. The molecule has 0 amide bonds. The highest BCUT2D eigenvalue weighted by Crippen LogP contribution is 2.26. The molecular weight excluding hydrogens is 376 g/mol. The third-order valence-electron chi connectivity index (χ3n) is 4.61. The topological polar surface area (TPSA) is 230 Å². The van der Waals surface area contributed by atoms with E-state index in [2.05, 4.69) is 0 Å². The monoisotopic (exact) mass is 402 g/mol. The summed E-state index contributed by atoms with van der Waals surface area (Å²) in [6.45, 7) is -1.52. The smallest absolute Gasteiger partial charge is 0.186 e. The van der Waals surface area contributed by atoms with Crippen molar-refractivity contribution in [2.24, 2.45) is 0 Å². The molecule has 0 radical (unpaired) electrons. The van der Waals surface area contributed by atoms with Crippen LogP contribution in [0.4, 0.5) is 0 Å². The molecule has 0 bridgehead atoms. The maximum Gasteiger partial charge on any atom is 0.186 e. The Morgan fingerprint density at radius 3 is 1.85 bits per heavy atom. The third kappa shape index (κ3) is 4.73. The van der Waals surface area contributed by atoms with E-state index in [1.165, 1.54) is 0 Å². The maximum absolute atomic E-state index is 9.99. The standard InChI is InChI=1S/C14H26O13/c15-1-3(16)11-7(20)6(19)10(23)14(27-11)25-2-4(17)5(18)12-8(21)9(22)13(24)26-12/h3-24H,1-2H2/t3-,4+,5+,6-,7-,8+,9+,10-,11+,12+,13+,14+/m0/s1. The fourth-order valence-electron chi connectivity index (χ4n) is 2.91. The Labute approximate surface area is 153 Å². The van der Waals surface area contributed by atoms with E-state index in [1.54, 1.807) is 0 Å². The summed E-state index contributed by atoms with van der Waals surface area (Å²) in [5, 5.41) is 96.3. The van der Waals surface area contributed by atoms with E-state index >= 15 is 0 Å². The predicted molar refractivity (Wildman–Crippen MR) is 80.6 cm³/mol. The molecule has 2 aliphatic heterocycles. The predicted octanol–water partition coefficient (Wildman–Crippen LogP) is -6.68. The van der Waals surface area contributed by atoms with Crippen molar-refractivity contribution < 1.29 is 65.3 Å². The first-order chi connectivity index (χ1) is 12.6. The molecule has 2 heterocycles. The number of rotatable bonds is 7. The van der Waals surface area contributed by atoms with Gasteiger partial charge in [0.1, 0.15) is 61.0 Å². The molecule has 0 unspecified atom stereocenters. The van der Waals surface area contributed by atoms with Gasteiger partial charge in [0, 0.05) is 0 Å². The van der Waals surface area contributed by atoms with Crippen LogP contribution in [0.3, 0.4) is 0 Å². The molecule has 27 heavy (non-hydrogen) atoms. The third-order valence-corrected chi connectivity index (χ3v) is 4.61. The van der Waals surface area contributed by atoms with Crippen LogP contribution >= 0.6 is 0 Å². The summed E-state index contributed by atoms with van der Waals surface area (Å²) in [6, 6.07) is 0. The van der Waals surface area contributed by atoms with Crippen molar-refractivity contribution in [2.75, 3.05) is 13.2 Å². The molecule has 0 aromatic rings. The number of hydrogen-bond donors (Lipinski definition) is 10. The van der Waals surface area contributed by atoms with Gasteiger partial charge in [-0.25, -0.2) is 0 Å². The van der Waals surface area contributed by atoms with Gasteiger partial charge < -0.3 is 65.3 Å². The van der Waals surface area contributed by atoms with Crippen LogP contribution in [-0.2, 0) is 14.2 Å². The van der Waals surface area contributed by atoms with Crippen LogP contribution in [-0.4, -0.2) is 138 Å². The van der Waals surface area contributed by atoms with Crippen LogP contribution in [0.2, 0.25) is 0 Å². The summed E-state index contributed by atoms with van der Waals surface area (Å²) in [7, 11) is 0. The molecule has 10 N–H and O–H groups in total. The molecule has 0 aromatic heterocycles. The first-order valence-corrected chi connectivity index (χ1v) is 8.26. The first kappa shape index (κ1) is 22.8. The fourth-order valence-corrected chi connectivity index (χ4v) is 2.91. The van der Waals surface area contributed by atoms with E-state index in [1.807, 2.05) is 0 Å². The lowest BCUT2D eigenvalue weighted by atomic mass is 9.95. The van der Waals surface area contributed by atoms with E-state index in [0.29, 0.717) is 0 Å². The summed E-state index contributed by atoms with van der Waals surface area (Å²) in [5.41, 5.74) is 0. The van der Waals surface area contributed by atoms with Crippen molar-refractivity contribution in [3.05, 3.63) is 0 Å². The van der Waals surface area contributed by atoms with Gasteiger partial charge >= 0.3 is 0 Å². The van der Waals surface area contributed by atoms with Crippen molar-refractivity contribution in [1.82, 2.24) is 0 Å². The van der Waals surface area contributed by atoms with E-state index < -0.39 is 86.8 Å². The average Bonchev–Trinajstić information content (AvgIpc) is 2.91. The summed E-state index contributed by atoms with van der Waals surface area (Å²) < 4.78 is 14.9. The molecule has 2 fully saturated rings. The fraction of sp³-hybridized carbons (Fsp3) is 1.00. The Morgan fingerprint density at radius 2 is 1.33 bits per heavy atom. The van der Waals surface area contributed by atoms with Crippen LogP contribution in [0.1, 0.15) is 0 Å². The molecule has 0 saturated carbocycles. The second kappa shape index (κ2) is 9.32. The second-order valence-electron chi connectivity index (χ2n) is 6.55. The van der Waals surface area contributed by atoms with E-state index in [-0.39, 0.29) is 0 Å². The Balaban J connectivity index is 1.94. The lowest BCUT2D eigenvalue weighted by Crippen LogP contribution is -2.62. The SMILES string of the molecule is OC[C@H](O)[C@H]1O[C@@H](OC[C@@H](O)[C@@H](O)[C@H]2O[C@@H](O)[C@H](O)[C@H]2O)[C@@H](O)[C@@H](O)[C@@H]1O.